The number of halogens is 1. The summed E-state index contributed by atoms with van der Waals surface area (Å²) in [5, 5.41) is 0.711. The topological polar surface area (TPSA) is 36.0 Å². The van der Waals surface area contributed by atoms with E-state index in [0.29, 0.717) is 24.2 Å². The second kappa shape index (κ2) is 9.23. The lowest BCUT2D eigenvalue weighted by atomic mass is 9.89. The van der Waals surface area contributed by atoms with Crippen LogP contribution in [0.2, 0.25) is 5.02 Å². The zero-order chi connectivity index (χ0) is 20.4. The lowest BCUT2D eigenvalue weighted by Crippen LogP contribution is -2.48. The van der Waals surface area contributed by atoms with Crippen LogP contribution < -0.4 is 4.74 Å². The molecular weight excluding hydrogens is 386 g/mol. The van der Waals surface area contributed by atoms with Gasteiger partial charge in [-0.2, -0.15) is 0 Å². The van der Waals surface area contributed by atoms with Crippen LogP contribution in [-0.4, -0.2) is 72.0 Å². The highest BCUT2D eigenvalue weighted by atomic mass is 35.5. The van der Waals surface area contributed by atoms with Crippen LogP contribution in [0.25, 0.3) is 0 Å². The Bertz CT molecular complexity index is 714. The van der Waals surface area contributed by atoms with E-state index in [1.807, 2.05) is 18.2 Å². The molecular formula is C23H34ClN3O2. The van der Waals surface area contributed by atoms with Gasteiger partial charge in [-0.25, -0.2) is 0 Å². The van der Waals surface area contributed by atoms with Crippen molar-refractivity contribution in [3.63, 3.8) is 0 Å². The molecule has 2 fully saturated rings. The molecule has 6 heteroatoms. The minimum Gasteiger partial charge on any atom is -0.489 e. The first kappa shape index (κ1) is 21.0. The number of ether oxygens (including phenoxy) is 1. The normalized spacial score (nSPS) is 25.3. The van der Waals surface area contributed by atoms with Crippen molar-refractivity contribution in [3.05, 3.63) is 28.8 Å². The van der Waals surface area contributed by atoms with Gasteiger partial charge in [-0.05, 0) is 76.7 Å². The van der Waals surface area contributed by atoms with Gasteiger partial charge in [0.15, 0.2) is 0 Å². The number of benzene rings is 1. The van der Waals surface area contributed by atoms with Crippen molar-refractivity contribution in [1.82, 2.24) is 14.7 Å². The molecule has 2 saturated heterocycles. The van der Waals surface area contributed by atoms with E-state index in [4.69, 9.17) is 16.3 Å². The number of amides is 1. The van der Waals surface area contributed by atoms with E-state index in [1.54, 1.807) is 0 Å². The molecule has 4 rings (SSSR count). The van der Waals surface area contributed by atoms with Crippen molar-refractivity contribution in [2.24, 2.45) is 5.92 Å². The molecule has 0 N–H and O–H groups in total. The summed E-state index contributed by atoms with van der Waals surface area (Å²) < 4.78 is 6.03. The third-order valence-electron chi connectivity index (χ3n) is 6.91. The van der Waals surface area contributed by atoms with Gasteiger partial charge in [-0.15, -0.1) is 0 Å². The lowest BCUT2D eigenvalue weighted by molar-refractivity contribution is -0.134. The molecule has 1 aromatic carbocycles. The molecule has 3 aliphatic rings. The predicted octanol–water partition coefficient (Wildman–Crippen LogP) is 3.65. The van der Waals surface area contributed by atoms with Crippen LogP contribution in [0.1, 0.15) is 45.1 Å². The lowest BCUT2D eigenvalue weighted by Gasteiger charge is -2.38. The number of hydrogen-bond donors (Lipinski definition) is 0. The SMILES string of the molecule is CC1CN(CC(=O)N2CCC(C(C)N3CCCC3)CC2)Cc2cc(Cl)ccc2O1. The fourth-order valence-corrected chi connectivity index (χ4v) is 5.39. The number of carbonyl (C=O) groups excluding carboxylic acids is 1. The van der Waals surface area contributed by atoms with Gasteiger partial charge in [0.05, 0.1) is 6.54 Å². The third kappa shape index (κ3) is 5.07. The zero-order valence-corrected chi connectivity index (χ0v) is 18.5. The molecule has 3 heterocycles. The van der Waals surface area contributed by atoms with Crippen LogP contribution in [0.3, 0.4) is 0 Å². The Morgan fingerprint density at radius 2 is 1.93 bits per heavy atom. The number of nitrogens with zero attached hydrogens (tertiary/aromatic N) is 3. The van der Waals surface area contributed by atoms with Crippen LogP contribution in [0.4, 0.5) is 0 Å². The van der Waals surface area contributed by atoms with Gasteiger partial charge in [0.25, 0.3) is 0 Å². The van der Waals surface area contributed by atoms with Gasteiger partial charge in [0.2, 0.25) is 5.91 Å². The summed E-state index contributed by atoms with van der Waals surface area (Å²) in [6, 6.07) is 6.41. The maximum absolute atomic E-state index is 13.0. The van der Waals surface area contributed by atoms with Gasteiger partial charge in [-0.1, -0.05) is 11.6 Å². The first-order valence-corrected chi connectivity index (χ1v) is 11.6. The summed E-state index contributed by atoms with van der Waals surface area (Å²) >= 11 is 6.18. The molecule has 3 aliphatic heterocycles. The highest BCUT2D eigenvalue weighted by molar-refractivity contribution is 6.30. The van der Waals surface area contributed by atoms with Gasteiger partial charge in [0.1, 0.15) is 11.9 Å². The standard InChI is InChI=1S/C23H34ClN3O2/c1-17-14-25(15-20-13-21(24)5-6-22(20)29-17)16-23(28)27-11-7-19(8-12-27)18(2)26-9-3-4-10-26/h5-6,13,17-19H,3-4,7-12,14-16H2,1-2H3. The van der Waals surface area contributed by atoms with Crippen molar-refractivity contribution < 1.29 is 9.53 Å². The Labute approximate surface area is 179 Å². The zero-order valence-electron chi connectivity index (χ0n) is 17.8. The maximum atomic E-state index is 13.0. The van der Waals surface area contributed by atoms with Gasteiger partial charge >= 0.3 is 0 Å². The highest BCUT2D eigenvalue weighted by Crippen LogP contribution is 2.29. The smallest absolute Gasteiger partial charge is 0.236 e. The number of carbonyl (C=O) groups is 1. The number of piperidine rings is 1. The summed E-state index contributed by atoms with van der Waals surface area (Å²) in [4.78, 5) is 19.9. The minimum absolute atomic E-state index is 0.0530. The number of fused-ring (bicyclic) bond motifs is 1. The van der Waals surface area contributed by atoms with Gasteiger partial charge in [0, 0.05) is 42.8 Å². The van der Waals surface area contributed by atoms with Crippen molar-refractivity contribution in [1.29, 1.82) is 0 Å². The molecule has 2 atom stereocenters. The van der Waals surface area contributed by atoms with Crippen molar-refractivity contribution in [2.75, 3.05) is 39.3 Å². The molecule has 1 aromatic rings. The highest BCUT2D eigenvalue weighted by Gasteiger charge is 2.31. The molecule has 0 aromatic heterocycles. The summed E-state index contributed by atoms with van der Waals surface area (Å²) in [6.07, 6.45) is 4.99. The van der Waals surface area contributed by atoms with Crippen molar-refractivity contribution >= 4 is 17.5 Å². The molecule has 0 bridgehead atoms. The van der Waals surface area contributed by atoms with E-state index in [9.17, 15) is 4.79 Å². The Morgan fingerprint density at radius 3 is 2.66 bits per heavy atom. The molecule has 1 amide bonds. The van der Waals surface area contributed by atoms with Crippen LogP contribution in [0.5, 0.6) is 5.75 Å². The average molecular weight is 420 g/mol. The quantitative estimate of drug-likeness (QED) is 0.746. The van der Waals surface area contributed by atoms with Crippen LogP contribution in [-0.2, 0) is 11.3 Å². The van der Waals surface area contributed by atoms with Crippen LogP contribution in [0, 0.1) is 5.92 Å². The number of rotatable bonds is 4. The summed E-state index contributed by atoms with van der Waals surface area (Å²) in [5.41, 5.74) is 1.06. The monoisotopic (exact) mass is 419 g/mol. The Morgan fingerprint density at radius 1 is 1.21 bits per heavy atom. The maximum Gasteiger partial charge on any atom is 0.236 e. The summed E-state index contributed by atoms with van der Waals surface area (Å²) in [5.74, 6) is 1.85. The van der Waals surface area contributed by atoms with E-state index in [0.717, 1.165) is 49.7 Å². The van der Waals surface area contributed by atoms with Crippen molar-refractivity contribution in [2.45, 2.75) is 58.2 Å². The molecule has 2 unspecified atom stereocenters. The van der Waals surface area contributed by atoms with E-state index >= 15 is 0 Å². The summed E-state index contributed by atoms with van der Waals surface area (Å²) in [7, 11) is 0. The Kier molecular flexibility index (Phi) is 6.67. The molecule has 160 valence electrons. The molecule has 0 saturated carbocycles. The molecule has 29 heavy (non-hydrogen) atoms. The Hall–Kier alpha value is -1.30. The van der Waals surface area contributed by atoms with Crippen molar-refractivity contribution in [3.8, 4) is 5.75 Å². The second-order valence-electron chi connectivity index (χ2n) is 9.05. The number of likely N-dealkylation sites (tertiary alicyclic amines) is 2. The molecule has 5 nitrogen and oxygen atoms in total. The fraction of sp³-hybridized carbons (Fsp3) is 0.696. The Balaban J connectivity index is 1.31. The summed E-state index contributed by atoms with van der Waals surface area (Å²) in [6.45, 7) is 10.6. The predicted molar refractivity (Wildman–Crippen MR) is 116 cm³/mol. The van der Waals surface area contributed by atoms with Crippen LogP contribution >= 0.6 is 11.6 Å². The number of hydrogen-bond acceptors (Lipinski definition) is 4. The van der Waals surface area contributed by atoms with E-state index in [2.05, 4.69) is 28.5 Å². The average Bonchev–Trinajstić information content (AvgIpc) is 3.19. The first-order chi connectivity index (χ1) is 14.0. The minimum atomic E-state index is 0.0530. The molecule has 0 radical (unpaired) electrons. The third-order valence-corrected chi connectivity index (χ3v) is 7.15. The van der Waals surface area contributed by atoms with Gasteiger partial charge in [-0.3, -0.25) is 9.69 Å². The van der Waals surface area contributed by atoms with E-state index < -0.39 is 0 Å². The first-order valence-electron chi connectivity index (χ1n) is 11.2. The fourth-order valence-electron chi connectivity index (χ4n) is 5.20. The second-order valence-corrected chi connectivity index (χ2v) is 9.49. The molecule has 0 spiro atoms. The largest absolute Gasteiger partial charge is 0.489 e. The van der Waals surface area contributed by atoms with Gasteiger partial charge < -0.3 is 14.5 Å². The van der Waals surface area contributed by atoms with E-state index in [1.165, 1.54) is 25.9 Å². The van der Waals surface area contributed by atoms with Crippen LogP contribution in [0.15, 0.2) is 18.2 Å². The molecule has 0 aliphatic carbocycles. The van der Waals surface area contributed by atoms with E-state index in [-0.39, 0.29) is 12.0 Å².